The fourth-order valence-electron chi connectivity index (χ4n) is 3.50. The minimum atomic E-state index is 0.00692. The molecular formula is C18H23N7O. The van der Waals surface area contributed by atoms with Gasteiger partial charge in [0.1, 0.15) is 5.82 Å². The molecule has 0 bridgehead atoms. The zero-order chi connectivity index (χ0) is 18.1. The number of likely N-dealkylation sites (tertiary alicyclic amines) is 1. The van der Waals surface area contributed by atoms with Gasteiger partial charge in [-0.15, -0.1) is 10.2 Å². The van der Waals surface area contributed by atoms with Crippen LogP contribution in [0, 0.1) is 6.92 Å². The van der Waals surface area contributed by atoms with Crippen LogP contribution in [0.25, 0.3) is 5.65 Å². The number of hydrogen-bond donors (Lipinski definition) is 1. The van der Waals surface area contributed by atoms with E-state index in [0.29, 0.717) is 12.5 Å². The molecule has 3 aromatic heterocycles. The molecule has 4 rings (SSSR count). The van der Waals surface area contributed by atoms with Gasteiger partial charge in [-0.2, -0.15) is 5.10 Å². The van der Waals surface area contributed by atoms with Crippen LogP contribution in [-0.2, 0) is 11.8 Å². The number of aromatic nitrogens is 5. The van der Waals surface area contributed by atoms with Gasteiger partial charge in [0.15, 0.2) is 5.65 Å². The number of nitrogens with one attached hydrogen (secondary N) is 1. The van der Waals surface area contributed by atoms with E-state index < -0.39 is 0 Å². The number of pyridine rings is 1. The van der Waals surface area contributed by atoms with Crippen molar-refractivity contribution in [1.82, 2.24) is 29.3 Å². The topological polar surface area (TPSA) is 80.3 Å². The number of piperidine rings is 1. The fourth-order valence-corrected chi connectivity index (χ4v) is 3.50. The Morgan fingerprint density at radius 1 is 1.27 bits per heavy atom. The number of rotatable bonds is 4. The Morgan fingerprint density at radius 3 is 2.81 bits per heavy atom. The van der Waals surface area contributed by atoms with Gasteiger partial charge in [-0.25, -0.2) is 0 Å². The fraction of sp³-hybridized carbons (Fsp3) is 0.444. The average Bonchev–Trinajstić information content (AvgIpc) is 3.21. The van der Waals surface area contributed by atoms with E-state index in [0.717, 1.165) is 48.8 Å². The highest BCUT2D eigenvalue weighted by Crippen LogP contribution is 2.27. The van der Waals surface area contributed by atoms with E-state index in [9.17, 15) is 4.79 Å². The number of fused-ring (bicyclic) bond motifs is 1. The first kappa shape index (κ1) is 16.7. The summed E-state index contributed by atoms with van der Waals surface area (Å²) in [5.41, 5.74) is 2.62. The van der Waals surface area contributed by atoms with E-state index in [1.165, 1.54) is 0 Å². The van der Waals surface area contributed by atoms with E-state index >= 15 is 0 Å². The van der Waals surface area contributed by atoms with E-state index in [-0.39, 0.29) is 5.91 Å². The zero-order valence-electron chi connectivity index (χ0n) is 15.1. The molecule has 8 nitrogen and oxygen atoms in total. The predicted molar refractivity (Wildman–Crippen MR) is 98.0 cm³/mol. The molecule has 8 heteroatoms. The summed E-state index contributed by atoms with van der Waals surface area (Å²) in [6.45, 7) is 4.11. The highest BCUT2D eigenvalue weighted by Gasteiger charge is 2.25. The quantitative estimate of drug-likeness (QED) is 0.770. The van der Waals surface area contributed by atoms with Gasteiger partial charge in [0.05, 0.1) is 24.1 Å². The van der Waals surface area contributed by atoms with Crippen LogP contribution in [0.5, 0.6) is 0 Å². The van der Waals surface area contributed by atoms with Crippen LogP contribution in [0.15, 0.2) is 30.6 Å². The summed E-state index contributed by atoms with van der Waals surface area (Å²) < 4.78 is 3.82. The van der Waals surface area contributed by atoms with E-state index in [1.54, 1.807) is 10.9 Å². The van der Waals surface area contributed by atoms with Crippen molar-refractivity contribution in [2.24, 2.45) is 7.05 Å². The molecule has 1 amide bonds. The average molecular weight is 353 g/mol. The first-order chi connectivity index (χ1) is 12.6. The third-order valence-corrected chi connectivity index (χ3v) is 5.17. The minimum Gasteiger partial charge on any atom is -0.322 e. The van der Waals surface area contributed by atoms with Crippen LogP contribution in [0.3, 0.4) is 0 Å². The van der Waals surface area contributed by atoms with Crippen molar-refractivity contribution in [3.63, 3.8) is 0 Å². The first-order valence-corrected chi connectivity index (χ1v) is 8.92. The lowest BCUT2D eigenvalue weighted by atomic mass is 9.96. The van der Waals surface area contributed by atoms with Gasteiger partial charge in [0.2, 0.25) is 5.91 Å². The lowest BCUT2D eigenvalue weighted by Crippen LogP contribution is -2.39. The van der Waals surface area contributed by atoms with Gasteiger partial charge in [-0.05, 0) is 45.0 Å². The zero-order valence-corrected chi connectivity index (χ0v) is 15.1. The molecular weight excluding hydrogens is 330 g/mol. The van der Waals surface area contributed by atoms with Gasteiger partial charge in [-0.3, -0.25) is 18.8 Å². The van der Waals surface area contributed by atoms with Gasteiger partial charge < -0.3 is 5.32 Å². The number of aryl methyl sites for hydroxylation is 1. The van der Waals surface area contributed by atoms with Crippen LogP contribution in [0.2, 0.25) is 0 Å². The molecule has 26 heavy (non-hydrogen) atoms. The third kappa shape index (κ3) is 3.20. The second kappa shape index (κ2) is 6.87. The summed E-state index contributed by atoms with van der Waals surface area (Å²) in [5, 5.41) is 15.7. The summed E-state index contributed by atoms with van der Waals surface area (Å²) in [7, 11) is 1.87. The van der Waals surface area contributed by atoms with Crippen molar-refractivity contribution >= 4 is 17.2 Å². The largest absolute Gasteiger partial charge is 0.322 e. The van der Waals surface area contributed by atoms with Crippen molar-refractivity contribution in [1.29, 1.82) is 0 Å². The Morgan fingerprint density at radius 2 is 2.08 bits per heavy atom. The Labute approximate surface area is 151 Å². The monoisotopic (exact) mass is 353 g/mol. The summed E-state index contributed by atoms with van der Waals surface area (Å²) in [5.74, 6) is 1.41. The number of hydrogen-bond acceptors (Lipinski definition) is 5. The van der Waals surface area contributed by atoms with Crippen LogP contribution < -0.4 is 5.32 Å². The number of carbonyl (C=O) groups excluding carboxylic acids is 1. The van der Waals surface area contributed by atoms with Crippen LogP contribution >= 0.6 is 0 Å². The SMILES string of the molecule is Cc1c(NC(=O)CN2CCC(c3nnc4ccccn34)CC2)cnn1C. The predicted octanol–water partition coefficient (Wildman–Crippen LogP) is 1.59. The van der Waals surface area contributed by atoms with Crippen molar-refractivity contribution in [3.8, 4) is 0 Å². The van der Waals surface area contributed by atoms with Gasteiger partial charge in [0, 0.05) is 19.2 Å². The maximum atomic E-state index is 12.3. The number of anilines is 1. The van der Waals surface area contributed by atoms with Gasteiger partial charge >= 0.3 is 0 Å². The van der Waals surface area contributed by atoms with Gasteiger partial charge in [0.25, 0.3) is 0 Å². The maximum Gasteiger partial charge on any atom is 0.238 e. The Balaban J connectivity index is 1.33. The molecule has 1 saturated heterocycles. The smallest absolute Gasteiger partial charge is 0.238 e. The molecule has 0 saturated carbocycles. The Hall–Kier alpha value is -2.74. The normalized spacial score (nSPS) is 16.2. The number of carbonyl (C=O) groups is 1. The van der Waals surface area contributed by atoms with Crippen LogP contribution in [0.1, 0.15) is 30.3 Å². The summed E-state index contributed by atoms with van der Waals surface area (Å²) >= 11 is 0. The second-order valence-corrected chi connectivity index (χ2v) is 6.85. The molecule has 1 N–H and O–H groups in total. The standard InChI is InChI=1S/C18H23N7O/c1-13-15(11-19-23(13)2)20-17(26)12-24-9-6-14(7-10-24)18-22-21-16-5-3-4-8-25(16)18/h3-5,8,11,14H,6-7,9-10,12H2,1-2H3,(H,20,26). The summed E-state index contributed by atoms with van der Waals surface area (Å²) in [6, 6.07) is 5.94. The molecule has 0 unspecified atom stereocenters. The lowest BCUT2D eigenvalue weighted by molar-refractivity contribution is -0.117. The lowest BCUT2D eigenvalue weighted by Gasteiger charge is -2.30. The molecule has 3 aromatic rings. The van der Waals surface area contributed by atoms with Crippen molar-refractivity contribution in [2.75, 3.05) is 25.0 Å². The molecule has 0 aliphatic carbocycles. The molecule has 136 valence electrons. The van der Waals surface area contributed by atoms with Gasteiger partial charge in [-0.1, -0.05) is 6.07 Å². The molecule has 1 aliphatic heterocycles. The molecule has 0 radical (unpaired) electrons. The summed E-state index contributed by atoms with van der Waals surface area (Å²) in [4.78, 5) is 14.5. The van der Waals surface area contributed by atoms with E-state index in [1.807, 2.05) is 38.4 Å². The molecule has 1 aliphatic rings. The van der Waals surface area contributed by atoms with Crippen molar-refractivity contribution < 1.29 is 4.79 Å². The first-order valence-electron chi connectivity index (χ1n) is 8.92. The third-order valence-electron chi connectivity index (χ3n) is 5.17. The summed E-state index contributed by atoms with van der Waals surface area (Å²) in [6.07, 6.45) is 5.67. The van der Waals surface area contributed by atoms with E-state index in [2.05, 4.69) is 29.9 Å². The second-order valence-electron chi connectivity index (χ2n) is 6.85. The minimum absolute atomic E-state index is 0.00692. The van der Waals surface area contributed by atoms with Crippen molar-refractivity contribution in [3.05, 3.63) is 42.1 Å². The molecule has 0 aromatic carbocycles. The van der Waals surface area contributed by atoms with Crippen molar-refractivity contribution in [2.45, 2.75) is 25.7 Å². The number of amides is 1. The molecule has 1 fully saturated rings. The highest BCUT2D eigenvalue weighted by atomic mass is 16.2. The Bertz CT molecular complexity index is 921. The van der Waals surface area contributed by atoms with Crippen LogP contribution in [-0.4, -0.2) is 54.8 Å². The maximum absolute atomic E-state index is 12.3. The molecule has 4 heterocycles. The Kier molecular flexibility index (Phi) is 4.42. The number of nitrogens with zero attached hydrogens (tertiary/aromatic N) is 6. The van der Waals surface area contributed by atoms with Crippen LogP contribution in [0.4, 0.5) is 5.69 Å². The molecule has 0 atom stereocenters. The molecule has 0 spiro atoms. The van der Waals surface area contributed by atoms with E-state index in [4.69, 9.17) is 0 Å². The highest BCUT2D eigenvalue weighted by molar-refractivity contribution is 5.92.